The molecule has 1 aliphatic heterocycles. The van der Waals surface area contributed by atoms with Gasteiger partial charge in [0.2, 0.25) is 0 Å². The van der Waals surface area contributed by atoms with Crippen LogP contribution in [-0.4, -0.2) is 92.5 Å². The number of nitrogens with one attached hydrogen (secondary N) is 2. The van der Waals surface area contributed by atoms with Gasteiger partial charge in [0.1, 0.15) is 0 Å². The van der Waals surface area contributed by atoms with Crippen LogP contribution in [0.1, 0.15) is 24.8 Å². The number of hydrogen-bond acceptors (Lipinski definition) is 6. The van der Waals surface area contributed by atoms with Crippen LogP contribution in [0.5, 0.6) is 0 Å². The zero-order valence-corrected chi connectivity index (χ0v) is 17.7. The third-order valence-electron chi connectivity index (χ3n) is 4.97. The van der Waals surface area contributed by atoms with Crippen LogP contribution < -0.4 is 10.6 Å². The smallest absolute Gasteiger partial charge is 0.309 e. The molecule has 0 saturated carbocycles. The summed E-state index contributed by atoms with van der Waals surface area (Å²) in [6.07, 6.45) is 0. The highest BCUT2D eigenvalue weighted by Crippen LogP contribution is 2.29. The standard InChI is InChI=1S/C19H33N5O2S/c1-5-23-10-12-24(13-11-23)17(16-7-6-14-27-16)15(2)21-19(26)18(25)20-8-9-22(3)4/h6-7,14-15,17H,5,8-13H2,1-4H3,(H,20,25)(H,21,26)/t15-,17-/m0/s1. The van der Waals surface area contributed by atoms with E-state index in [1.807, 2.05) is 32.0 Å². The van der Waals surface area contributed by atoms with Crippen molar-refractivity contribution in [2.75, 3.05) is 59.9 Å². The maximum Gasteiger partial charge on any atom is 0.309 e. The van der Waals surface area contributed by atoms with E-state index < -0.39 is 11.8 Å². The quantitative estimate of drug-likeness (QED) is 0.632. The Morgan fingerprint density at radius 2 is 1.93 bits per heavy atom. The highest BCUT2D eigenvalue weighted by Gasteiger charge is 2.31. The van der Waals surface area contributed by atoms with Gasteiger partial charge in [-0.2, -0.15) is 0 Å². The molecule has 1 saturated heterocycles. The zero-order valence-electron chi connectivity index (χ0n) is 16.9. The van der Waals surface area contributed by atoms with Gasteiger partial charge in [-0.05, 0) is 39.0 Å². The van der Waals surface area contributed by atoms with Crippen molar-refractivity contribution in [3.63, 3.8) is 0 Å². The maximum atomic E-state index is 12.3. The molecule has 2 heterocycles. The van der Waals surface area contributed by atoms with E-state index in [1.165, 1.54) is 4.88 Å². The summed E-state index contributed by atoms with van der Waals surface area (Å²) in [7, 11) is 3.86. The zero-order chi connectivity index (χ0) is 19.8. The van der Waals surface area contributed by atoms with Crippen LogP contribution in [0.2, 0.25) is 0 Å². The molecule has 0 aliphatic carbocycles. The molecule has 0 aromatic carbocycles. The minimum absolute atomic E-state index is 0.0857. The molecule has 7 nitrogen and oxygen atoms in total. The van der Waals surface area contributed by atoms with Gasteiger partial charge in [-0.25, -0.2) is 0 Å². The van der Waals surface area contributed by atoms with E-state index in [9.17, 15) is 9.59 Å². The Kier molecular flexibility index (Phi) is 8.69. The van der Waals surface area contributed by atoms with Gasteiger partial charge in [0.15, 0.2) is 0 Å². The Labute approximate surface area is 166 Å². The highest BCUT2D eigenvalue weighted by molar-refractivity contribution is 7.10. The molecule has 27 heavy (non-hydrogen) atoms. The van der Waals surface area contributed by atoms with Crippen molar-refractivity contribution in [2.45, 2.75) is 25.9 Å². The minimum atomic E-state index is -0.565. The summed E-state index contributed by atoms with van der Waals surface area (Å²) in [5.74, 6) is -1.13. The summed E-state index contributed by atoms with van der Waals surface area (Å²) in [5, 5.41) is 7.65. The number of carbonyl (C=O) groups excluding carboxylic acids is 2. The van der Waals surface area contributed by atoms with Crippen molar-refractivity contribution in [1.82, 2.24) is 25.3 Å². The number of amides is 2. The molecular formula is C19H33N5O2S. The summed E-state index contributed by atoms with van der Waals surface area (Å²) >= 11 is 1.70. The predicted molar refractivity (Wildman–Crippen MR) is 110 cm³/mol. The molecule has 2 amide bonds. The SMILES string of the molecule is CCN1CCN([C@H](c2cccs2)[C@H](C)NC(=O)C(=O)NCCN(C)C)CC1. The first-order valence-electron chi connectivity index (χ1n) is 9.65. The fourth-order valence-corrected chi connectivity index (χ4v) is 4.35. The number of nitrogens with zero attached hydrogens (tertiary/aromatic N) is 3. The molecule has 8 heteroatoms. The lowest BCUT2D eigenvalue weighted by Crippen LogP contribution is -2.53. The second kappa shape index (κ2) is 10.8. The molecule has 1 fully saturated rings. The van der Waals surface area contributed by atoms with Gasteiger partial charge in [-0.15, -0.1) is 11.3 Å². The Bertz CT molecular complexity index is 585. The van der Waals surface area contributed by atoms with Crippen LogP contribution >= 0.6 is 11.3 Å². The van der Waals surface area contributed by atoms with Gasteiger partial charge < -0.3 is 20.4 Å². The van der Waals surface area contributed by atoms with Crippen molar-refractivity contribution in [1.29, 1.82) is 0 Å². The van der Waals surface area contributed by atoms with E-state index in [0.29, 0.717) is 13.1 Å². The molecule has 0 bridgehead atoms. The van der Waals surface area contributed by atoms with Crippen LogP contribution in [-0.2, 0) is 9.59 Å². The summed E-state index contributed by atoms with van der Waals surface area (Å²) in [5.41, 5.74) is 0. The van der Waals surface area contributed by atoms with Crippen molar-refractivity contribution >= 4 is 23.2 Å². The molecule has 0 spiro atoms. The predicted octanol–water partition coefficient (Wildman–Crippen LogP) is 0.609. The number of carbonyl (C=O) groups is 2. The average Bonchev–Trinajstić information content (AvgIpc) is 3.16. The van der Waals surface area contributed by atoms with E-state index in [-0.39, 0.29) is 12.1 Å². The number of hydrogen-bond donors (Lipinski definition) is 2. The van der Waals surface area contributed by atoms with Crippen LogP contribution in [0.25, 0.3) is 0 Å². The van der Waals surface area contributed by atoms with Crippen LogP contribution in [0.3, 0.4) is 0 Å². The molecule has 2 atom stereocenters. The van der Waals surface area contributed by atoms with Crippen LogP contribution in [0.15, 0.2) is 17.5 Å². The summed E-state index contributed by atoms with van der Waals surface area (Å²) in [6.45, 7) is 10.4. The van der Waals surface area contributed by atoms with Gasteiger partial charge in [-0.3, -0.25) is 14.5 Å². The molecule has 152 valence electrons. The fraction of sp³-hybridized carbons (Fsp3) is 0.684. The van der Waals surface area contributed by atoms with Crippen molar-refractivity contribution < 1.29 is 9.59 Å². The number of thiophene rings is 1. The fourth-order valence-electron chi connectivity index (χ4n) is 3.38. The van der Waals surface area contributed by atoms with E-state index in [0.717, 1.165) is 32.7 Å². The molecule has 2 N–H and O–H groups in total. The Morgan fingerprint density at radius 3 is 2.48 bits per heavy atom. The van der Waals surface area contributed by atoms with Crippen LogP contribution in [0.4, 0.5) is 0 Å². The van der Waals surface area contributed by atoms with Gasteiger partial charge in [0.25, 0.3) is 0 Å². The summed E-state index contributed by atoms with van der Waals surface area (Å²) in [4.78, 5) is 32.4. The van der Waals surface area contributed by atoms with Gasteiger partial charge in [0.05, 0.1) is 6.04 Å². The topological polar surface area (TPSA) is 67.9 Å². The van der Waals surface area contributed by atoms with E-state index >= 15 is 0 Å². The molecular weight excluding hydrogens is 362 g/mol. The lowest BCUT2D eigenvalue weighted by atomic mass is 10.0. The highest BCUT2D eigenvalue weighted by atomic mass is 32.1. The van der Waals surface area contributed by atoms with E-state index in [1.54, 1.807) is 11.3 Å². The molecule has 2 rings (SSSR count). The Hall–Kier alpha value is -1.48. The van der Waals surface area contributed by atoms with Gasteiger partial charge >= 0.3 is 11.8 Å². The third-order valence-corrected chi connectivity index (χ3v) is 5.91. The lowest BCUT2D eigenvalue weighted by molar-refractivity contribution is -0.139. The first kappa shape index (κ1) is 21.8. The monoisotopic (exact) mass is 395 g/mol. The molecule has 1 aromatic heterocycles. The number of likely N-dealkylation sites (N-methyl/N-ethyl adjacent to an activating group) is 2. The second-order valence-electron chi connectivity index (χ2n) is 7.25. The van der Waals surface area contributed by atoms with Crippen molar-refractivity contribution in [3.05, 3.63) is 22.4 Å². The largest absolute Gasteiger partial charge is 0.347 e. The van der Waals surface area contributed by atoms with Gasteiger partial charge in [-0.1, -0.05) is 13.0 Å². The molecule has 0 radical (unpaired) electrons. The summed E-state index contributed by atoms with van der Waals surface area (Å²) in [6, 6.07) is 4.09. The Morgan fingerprint density at radius 1 is 1.22 bits per heavy atom. The van der Waals surface area contributed by atoms with E-state index in [2.05, 4.69) is 38.8 Å². The normalized spacial score (nSPS) is 18.3. The molecule has 1 aliphatic rings. The third kappa shape index (κ3) is 6.57. The first-order chi connectivity index (χ1) is 12.9. The lowest BCUT2D eigenvalue weighted by Gasteiger charge is -2.41. The van der Waals surface area contributed by atoms with Crippen LogP contribution in [0, 0.1) is 0 Å². The minimum Gasteiger partial charge on any atom is -0.347 e. The average molecular weight is 396 g/mol. The Balaban J connectivity index is 1.97. The molecule has 1 aromatic rings. The number of piperazine rings is 1. The van der Waals surface area contributed by atoms with Gasteiger partial charge in [0, 0.05) is 50.2 Å². The van der Waals surface area contributed by atoms with E-state index in [4.69, 9.17) is 0 Å². The molecule has 0 unspecified atom stereocenters. The van der Waals surface area contributed by atoms with Crippen molar-refractivity contribution in [2.24, 2.45) is 0 Å². The summed E-state index contributed by atoms with van der Waals surface area (Å²) < 4.78 is 0. The first-order valence-corrected chi connectivity index (χ1v) is 10.5. The number of rotatable bonds is 8. The van der Waals surface area contributed by atoms with Crippen molar-refractivity contribution in [3.8, 4) is 0 Å². The maximum absolute atomic E-state index is 12.3. The second-order valence-corrected chi connectivity index (χ2v) is 8.23.